The van der Waals surface area contributed by atoms with E-state index in [2.05, 4.69) is 10.6 Å². The third kappa shape index (κ3) is 6.03. The van der Waals surface area contributed by atoms with Crippen LogP contribution in [-0.2, 0) is 25.7 Å². The molecule has 2 amide bonds. The van der Waals surface area contributed by atoms with Crippen LogP contribution in [0.5, 0.6) is 0 Å². The molecule has 2 atom stereocenters. The van der Waals surface area contributed by atoms with Gasteiger partial charge in [-0.05, 0) is 48.6 Å². The highest BCUT2D eigenvalue weighted by atomic mass is 16.5. The van der Waals surface area contributed by atoms with Gasteiger partial charge in [0.2, 0.25) is 5.91 Å². The summed E-state index contributed by atoms with van der Waals surface area (Å²) in [6.07, 6.45) is -1.57. The van der Waals surface area contributed by atoms with Crippen molar-refractivity contribution in [3.05, 3.63) is 95.6 Å². The molecule has 0 saturated heterocycles. The van der Waals surface area contributed by atoms with Crippen LogP contribution in [0, 0.1) is 0 Å². The van der Waals surface area contributed by atoms with Crippen molar-refractivity contribution in [2.45, 2.75) is 51.0 Å². The predicted molar refractivity (Wildman–Crippen MR) is 143 cm³/mol. The van der Waals surface area contributed by atoms with Crippen LogP contribution in [0.4, 0.5) is 4.79 Å². The average molecular weight is 517 g/mol. The maximum Gasteiger partial charge on any atom is 0.407 e. The van der Waals surface area contributed by atoms with Crippen LogP contribution in [0.2, 0.25) is 0 Å². The molecule has 0 heterocycles. The second-order valence-electron chi connectivity index (χ2n) is 9.87. The van der Waals surface area contributed by atoms with Gasteiger partial charge in [-0.2, -0.15) is 0 Å². The van der Waals surface area contributed by atoms with Gasteiger partial charge in [-0.3, -0.25) is 4.79 Å². The van der Waals surface area contributed by atoms with E-state index in [-0.39, 0.29) is 19.1 Å². The number of benzene rings is 3. The number of rotatable bonds is 10. The van der Waals surface area contributed by atoms with Gasteiger partial charge in [-0.15, -0.1) is 0 Å². The summed E-state index contributed by atoms with van der Waals surface area (Å²) in [4.78, 5) is 37.6. The molecular formula is C30H32N2O6. The maximum absolute atomic E-state index is 13.1. The number of hydrogen-bond acceptors (Lipinski definition) is 5. The smallest absolute Gasteiger partial charge is 0.407 e. The van der Waals surface area contributed by atoms with Crippen LogP contribution >= 0.6 is 0 Å². The van der Waals surface area contributed by atoms with Crippen molar-refractivity contribution in [3.8, 4) is 11.1 Å². The van der Waals surface area contributed by atoms with Crippen molar-refractivity contribution < 1.29 is 29.0 Å². The zero-order valence-corrected chi connectivity index (χ0v) is 21.6. The standard InChI is InChI=1S/C30H32N2O6/c1-19(37-17-20-11-5-4-6-12-20)26(27(33)32-30(2,3)28(34)35)31-29(36)38-18-25-23-15-9-7-13-21(23)22-14-8-10-16-24(22)25/h4-16,19,25-26H,17-18H2,1-3H3,(H,31,36)(H,32,33)(H,34,35)/t19-,26+/m0/s1. The SMILES string of the molecule is C[C@H](OCc1ccccc1)[C@@H](NC(=O)OCC1c2ccccc2-c2ccccc21)C(=O)NC(C)(C)C(=O)O. The number of amides is 2. The van der Waals surface area contributed by atoms with Crippen LogP contribution in [0.15, 0.2) is 78.9 Å². The summed E-state index contributed by atoms with van der Waals surface area (Å²) in [7, 11) is 0. The average Bonchev–Trinajstić information content (AvgIpc) is 3.23. The summed E-state index contributed by atoms with van der Waals surface area (Å²) in [5.74, 6) is -2.03. The molecule has 38 heavy (non-hydrogen) atoms. The molecule has 198 valence electrons. The summed E-state index contributed by atoms with van der Waals surface area (Å²) < 4.78 is 11.5. The molecule has 4 rings (SSSR count). The van der Waals surface area contributed by atoms with E-state index in [0.717, 1.165) is 27.8 Å². The molecule has 8 heteroatoms. The van der Waals surface area contributed by atoms with Crippen molar-refractivity contribution >= 4 is 18.0 Å². The minimum atomic E-state index is -1.54. The van der Waals surface area contributed by atoms with Crippen molar-refractivity contribution in [3.63, 3.8) is 0 Å². The Morgan fingerprint density at radius 2 is 1.45 bits per heavy atom. The summed E-state index contributed by atoms with van der Waals surface area (Å²) in [5.41, 5.74) is 3.70. The first-order valence-corrected chi connectivity index (χ1v) is 12.5. The molecule has 0 aromatic heterocycles. The Kier molecular flexibility index (Phi) is 8.12. The first-order chi connectivity index (χ1) is 18.2. The van der Waals surface area contributed by atoms with E-state index in [1.807, 2.05) is 78.9 Å². The number of carbonyl (C=O) groups is 3. The van der Waals surface area contributed by atoms with Crippen LogP contribution in [0.1, 0.15) is 43.4 Å². The lowest BCUT2D eigenvalue weighted by Crippen LogP contribution is -2.59. The lowest BCUT2D eigenvalue weighted by atomic mass is 9.98. The molecule has 3 N–H and O–H groups in total. The first kappa shape index (κ1) is 26.9. The number of carboxylic acid groups (broad SMARTS) is 1. The predicted octanol–water partition coefficient (Wildman–Crippen LogP) is 4.48. The highest BCUT2D eigenvalue weighted by Gasteiger charge is 2.36. The van der Waals surface area contributed by atoms with Crippen molar-refractivity contribution in [1.29, 1.82) is 0 Å². The van der Waals surface area contributed by atoms with E-state index in [4.69, 9.17) is 9.47 Å². The van der Waals surface area contributed by atoms with Gasteiger partial charge in [0.1, 0.15) is 18.2 Å². The van der Waals surface area contributed by atoms with Crippen molar-refractivity contribution in [1.82, 2.24) is 10.6 Å². The normalized spacial score (nSPS) is 14.1. The lowest BCUT2D eigenvalue weighted by Gasteiger charge is -2.28. The number of hydrogen-bond donors (Lipinski definition) is 3. The van der Waals surface area contributed by atoms with Gasteiger partial charge in [0.15, 0.2) is 0 Å². The third-order valence-corrected chi connectivity index (χ3v) is 6.69. The molecule has 0 fully saturated rings. The number of aliphatic carboxylic acids is 1. The summed E-state index contributed by atoms with van der Waals surface area (Å²) >= 11 is 0. The lowest BCUT2D eigenvalue weighted by molar-refractivity contribution is -0.147. The van der Waals surface area contributed by atoms with E-state index in [1.165, 1.54) is 13.8 Å². The molecule has 1 aliphatic rings. The Morgan fingerprint density at radius 1 is 0.895 bits per heavy atom. The number of carboxylic acids is 1. The van der Waals surface area contributed by atoms with Gasteiger partial charge in [0.25, 0.3) is 0 Å². The van der Waals surface area contributed by atoms with E-state index in [0.29, 0.717) is 0 Å². The first-order valence-electron chi connectivity index (χ1n) is 12.5. The Balaban J connectivity index is 1.46. The zero-order chi connectivity index (χ0) is 27.3. The van der Waals surface area contributed by atoms with E-state index in [1.54, 1.807) is 6.92 Å². The fraction of sp³-hybridized carbons (Fsp3) is 0.300. The molecule has 0 spiro atoms. The minimum Gasteiger partial charge on any atom is -0.480 e. The third-order valence-electron chi connectivity index (χ3n) is 6.69. The molecule has 3 aromatic carbocycles. The van der Waals surface area contributed by atoms with Gasteiger partial charge in [-0.25, -0.2) is 9.59 Å². The molecule has 1 aliphatic carbocycles. The van der Waals surface area contributed by atoms with Gasteiger partial charge in [0.05, 0.1) is 12.7 Å². The molecule has 0 bridgehead atoms. The van der Waals surface area contributed by atoms with Gasteiger partial charge < -0.3 is 25.2 Å². The maximum atomic E-state index is 13.1. The van der Waals surface area contributed by atoms with E-state index >= 15 is 0 Å². The number of alkyl carbamates (subject to hydrolysis) is 1. The van der Waals surface area contributed by atoms with E-state index in [9.17, 15) is 19.5 Å². The van der Waals surface area contributed by atoms with Gasteiger partial charge in [-0.1, -0.05) is 78.9 Å². The highest BCUT2D eigenvalue weighted by Crippen LogP contribution is 2.44. The molecule has 0 aliphatic heterocycles. The second-order valence-corrected chi connectivity index (χ2v) is 9.87. The number of ether oxygens (including phenoxy) is 2. The Hall–Kier alpha value is -4.17. The minimum absolute atomic E-state index is 0.0775. The van der Waals surface area contributed by atoms with Crippen molar-refractivity contribution in [2.75, 3.05) is 6.61 Å². The molecule has 8 nitrogen and oxygen atoms in total. The monoisotopic (exact) mass is 516 g/mol. The van der Waals surface area contributed by atoms with Crippen molar-refractivity contribution in [2.24, 2.45) is 0 Å². The number of fused-ring (bicyclic) bond motifs is 3. The fourth-order valence-corrected chi connectivity index (χ4v) is 4.50. The molecule has 0 unspecified atom stereocenters. The number of nitrogens with one attached hydrogen (secondary N) is 2. The molecule has 0 saturated carbocycles. The second kappa shape index (κ2) is 11.5. The Morgan fingerprint density at radius 3 is 2.03 bits per heavy atom. The molecule has 0 radical (unpaired) electrons. The Labute approximate surface area is 222 Å². The Bertz CT molecular complexity index is 1260. The molecule has 3 aromatic rings. The molecular weight excluding hydrogens is 484 g/mol. The fourth-order valence-electron chi connectivity index (χ4n) is 4.50. The number of carbonyl (C=O) groups excluding carboxylic acids is 2. The summed E-state index contributed by atoms with van der Waals surface area (Å²) in [6.45, 7) is 4.67. The van der Waals surface area contributed by atoms with Crippen LogP contribution in [0.25, 0.3) is 11.1 Å². The van der Waals surface area contributed by atoms with Crippen LogP contribution in [0.3, 0.4) is 0 Å². The largest absolute Gasteiger partial charge is 0.480 e. The van der Waals surface area contributed by atoms with Gasteiger partial charge >= 0.3 is 12.1 Å². The summed E-state index contributed by atoms with van der Waals surface area (Å²) in [6, 6.07) is 24.2. The topological polar surface area (TPSA) is 114 Å². The van der Waals surface area contributed by atoms with Gasteiger partial charge in [0, 0.05) is 5.92 Å². The zero-order valence-electron chi connectivity index (χ0n) is 21.6. The highest BCUT2D eigenvalue weighted by molar-refractivity contribution is 5.91. The summed E-state index contributed by atoms with van der Waals surface area (Å²) in [5, 5.41) is 14.5. The van der Waals surface area contributed by atoms with Crippen LogP contribution in [-0.4, -0.2) is 47.4 Å². The van der Waals surface area contributed by atoms with E-state index < -0.39 is 35.7 Å². The van der Waals surface area contributed by atoms with Crippen LogP contribution < -0.4 is 10.6 Å². The quantitative estimate of drug-likeness (QED) is 0.366.